The van der Waals surface area contributed by atoms with Gasteiger partial charge in [0.05, 0.1) is 18.6 Å². The third-order valence-electron chi connectivity index (χ3n) is 4.12. The summed E-state index contributed by atoms with van der Waals surface area (Å²) < 4.78 is 6.70. The van der Waals surface area contributed by atoms with Gasteiger partial charge in [-0.3, -0.25) is 14.7 Å². The number of H-pyrrole nitrogens is 1. The quantitative estimate of drug-likeness (QED) is 0.444. The molecule has 0 bridgehead atoms. The number of ether oxygens (including phenoxy) is 1. The maximum atomic E-state index is 12.5. The Labute approximate surface area is 180 Å². The standard InChI is InChI=1S/C20H16ClN5O3S/c1-29-15-8-3-2-7-14(15)22-18(28)11-30-20-24-19(12-5-4-6-13(21)9-12)23-16-10-17(27)25-26(16)20/h2-10H,11H2,1H3,(H,22,28)(H,25,27). The molecule has 4 rings (SSSR count). The van der Waals surface area contributed by atoms with Gasteiger partial charge in [-0.15, -0.1) is 0 Å². The average molecular weight is 442 g/mol. The number of nitrogens with one attached hydrogen (secondary N) is 2. The van der Waals surface area contributed by atoms with E-state index in [4.69, 9.17) is 16.3 Å². The lowest BCUT2D eigenvalue weighted by atomic mass is 10.2. The summed E-state index contributed by atoms with van der Waals surface area (Å²) in [6.07, 6.45) is 0. The zero-order chi connectivity index (χ0) is 21.1. The Morgan fingerprint density at radius 3 is 2.83 bits per heavy atom. The van der Waals surface area contributed by atoms with Crippen molar-refractivity contribution in [2.75, 3.05) is 18.2 Å². The van der Waals surface area contributed by atoms with Crippen molar-refractivity contribution in [1.29, 1.82) is 0 Å². The number of para-hydroxylation sites is 2. The average Bonchev–Trinajstić information content (AvgIpc) is 3.12. The van der Waals surface area contributed by atoms with Crippen LogP contribution < -0.4 is 15.6 Å². The highest BCUT2D eigenvalue weighted by Crippen LogP contribution is 2.25. The molecule has 0 saturated heterocycles. The number of nitrogens with zero attached hydrogens (tertiary/aromatic N) is 3. The second-order valence-electron chi connectivity index (χ2n) is 6.19. The number of aromatic nitrogens is 4. The normalized spacial score (nSPS) is 10.9. The van der Waals surface area contributed by atoms with E-state index in [1.165, 1.54) is 29.5 Å². The van der Waals surface area contributed by atoms with E-state index in [1.807, 2.05) is 12.1 Å². The zero-order valence-electron chi connectivity index (χ0n) is 15.8. The summed E-state index contributed by atoms with van der Waals surface area (Å²) in [6, 6.07) is 15.6. The molecular weight excluding hydrogens is 426 g/mol. The number of anilines is 1. The number of halogens is 1. The molecule has 0 aliphatic heterocycles. The van der Waals surface area contributed by atoms with Gasteiger partial charge in [-0.25, -0.2) is 14.5 Å². The van der Waals surface area contributed by atoms with Crippen LogP contribution in [0, 0.1) is 0 Å². The fourth-order valence-corrected chi connectivity index (χ4v) is 3.74. The van der Waals surface area contributed by atoms with E-state index >= 15 is 0 Å². The summed E-state index contributed by atoms with van der Waals surface area (Å²) in [4.78, 5) is 33.2. The SMILES string of the molecule is COc1ccccc1NC(=O)CSc1nc(-c2cccc(Cl)c2)nc2cc(=O)[nH]n12. The van der Waals surface area contributed by atoms with Crippen LogP contribution in [0.15, 0.2) is 64.5 Å². The first kappa shape index (κ1) is 20.0. The molecule has 2 aromatic heterocycles. The molecule has 0 fully saturated rings. The van der Waals surface area contributed by atoms with Crippen LogP contribution in [0.2, 0.25) is 5.02 Å². The summed E-state index contributed by atoms with van der Waals surface area (Å²) in [7, 11) is 1.54. The van der Waals surface area contributed by atoms with E-state index in [0.29, 0.717) is 38.7 Å². The number of fused-ring (bicyclic) bond motifs is 1. The fraction of sp³-hybridized carbons (Fsp3) is 0.100. The van der Waals surface area contributed by atoms with Crippen LogP contribution in [0.25, 0.3) is 17.0 Å². The fourth-order valence-electron chi connectivity index (χ4n) is 2.80. The minimum atomic E-state index is -0.312. The second kappa shape index (κ2) is 8.60. The van der Waals surface area contributed by atoms with Crippen molar-refractivity contribution in [3.8, 4) is 17.1 Å². The molecule has 0 radical (unpaired) electrons. The topological polar surface area (TPSA) is 101 Å². The van der Waals surface area contributed by atoms with E-state index < -0.39 is 0 Å². The largest absolute Gasteiger partial charge is 0.495 e. The summed E-state index contributed by atoms with van der Waals surface area (Å²) >= 11 is 7.25. The van der Waals surface area contributed by atoms with Gasteiger partial charge in [0.2, 0.25) is 5.91 Å². The summed E-state index contributed by atoms with van der Waals surface area (Å²) in [5, 5.41) is 6.43. The molecule has 2 heterocycles. The number of thioether (sulfide) groups is 1. The lowest BCUT2D eigenvalue weighted by Gasteiger charge is -2.10. The Morgan fingerprint density at radius 1 is 1.20 bits per heavy atom. The molecule has 2 aromatic carbocycles. The lowest BCUT2D eigenvalue weighted by molar-refractivity contribution is -0.113. The summed E-state index contributed by atoms with van der Waals surface area (Å²) in [6.45, 7) is 0. The number of benzene rings is 2. The van der Waals surface area contributed by atoms with Gasteiger partial charge < -0.3 is 10.1 Å². The molecule has 0 spiro atoms. The number of hydrogen-bond donors (Lipinski definition) is 2. The number of hydrogen-bond acceptors (Lipinski definition) is 6. The molecule has 0 saturated carbocycles. The molecule has 10 heteroatoms. The Hall–Kier alpha value is -3.30. The van der Waals surface area contributed by atoms with Crippen LogP contribution in [-0.2, 0) is 4.79 Å². The van der Waals surface area contributed by atoms with Gasteiger partial charge in [-0.1, -0.05) is 47.6 Å². The number of rotatable bonds is 6. The van der Waals surface area contributed by atoms with Gasteiger partial charge in [0.1, 0.15) is 5.75 Å². The first-order valence-electron chi connectivity index (χ1n) is 8.85. The van der Waals surface area contributed by atoms with Gasteiger partial charge in [0.25, 0.3) is 5.56 Å². The molecular formula is C20H16ClN5O3S. The van der Waals surface area contributed by atoms with E-state index in [1.54, 1.807) is 36.4 Å². The van der Waals surface area contributed by atoms with Crippen molar-refractivity contribution in [3.05, 3.63) is 70.0 Å². The minimum absolute atomic E-state index is 0.0688. The molecule has 2 N–H and O–H groups in total. The summed E-state index contributed by atoms with van der Waals surface area (Å²) in [5.74, 6) is 0.803. The third-order valence-corrected chi connectivity index (χ3v) is 5.29. The Morgan fingerprint density at radius 2 is 2.03 bits per heavy atom. The van der Waals surface area contributed by atoms with Crippen LogP contribution in [-0.4, -0.2) is 38.4 Å². The molecule has 0 aliphatic carbocycles. The van der Waals surface area contributed by atoms with Crippen molar-refractivity contribution in [3.63, 3.8) is 0 Å². The van der Waals surface area contributed by atoms with Crippen LogP contribution in [0.4, 0.5) is 5.69 Å². The highest BCUT2D eigenvalue weighted by Gasteiger charge is 2.14. The van der Waals surface area contributed by atoms with Crippen molar-refractivity contribution in [1.82, 2.24) is 19.6 Å². The predicted octanol–water partition coefficient (Wildman–Crippen LogP) is 3.48. The van der Waals surface area contributed by atoms with Gasteiger partial charge >= 0.3 is 0 Å². The van der Waals surface area contributed by atoms with Crippen LogP contribution >= 0.6 is 23.4 Å². The van der Waals surface area contributed by atoms with Gasteiger partial charge in [0, 0.05) is 16.7 Å². The second-order valence-corrected chi connectivity index (χ2v) is 7.57. The van der Waals surface area contributed by atoms with Gasteiger partial charge in [0.15, 0.2) is 16.6 Å². The van der Waals surface area contributed by atoms with E-state index in [2.05, 4.69) is 20.4 Å². The smallest absolute Gasteiger partial charge is 0.266 e. The summed E-state index contributed by atoms with van der Waals surface area (Å²) in [5.41, 5.74) is 1.37. The maximum Gasteiger partial charge on any atom is 0.266 e. The first-order valence-corrected chi connectivity index (χ1v) is 10.2. The highest BCUT2D eigenvalue weighted by atomic mass is 35.5. The Bertz CT molecular complexity index is 1290. The number of amides is 1. The predicted molar refractivity (Wildman–Crippen MR) is 116 cm³/mol. The molecule has 30 heavy (non-hydrogen) atoms. The molecule has 0 aliphatic rings. The molecule has 4 aromatic rings. The molecule has 0 atom stereocenters. The van der Waals surface area contributed by atoms with Crippen molar-refractivity contribution < 1.29 is 9.53 Å². The zero-order valence-corrected chi connectivity index (χ0v) is 17.3. The number of methoxy groups -OCH3 is 1. The van der Waals surface area contributed by atoms with Crippen molar-refractivity contribution in [2.45, 2.75) is 5.16 Å². The van der Waals surface area contributed by atoms with E-state index in [9.17, 15) is 9.59 Å². The minimum Gasteiger partial charge on any atom is -0.495 e. The first-order chi connectivity index (χ1) is 14.5. The van der Waals surface area contributed by atoms with Crippen LogP contribution in [0.1, 0.15) is 0 Å². The van der Waals surface area contributed by atoms with Crippen molar-refractivity contribution >= 4 is 40.6 Å². The monoisotopic (exact) mass is 441 g/mol. The van der Waals surface area contributed by atoms with Crippen molar-refractivity contribution in [2.24, 2.45) is 0 Å². The Kier molecular flexibility index (Phi) is 5.73. The molecule has 152 valence electrons. The molecule has 8 nitrogen and oxygen atoms in total. The van der Waals surface area contributed by atoms with Gasteiger partial charge in [-0.05, 0) is 24.3 Å². The third kappa shape index (κ3) is 4.32. The maximum absolute atomic E-state index is 12.5. The molecule has 1 amide bonds. The molecule has 0 unspecified atom stereocenters. The number of aromatic amines is 1. The van der Waals surface area contributed by atoms with E-state index in [0.717, 1.165) is 0 Å². The van der Waals surface area contributed by atoms with Crippen LogP contribution in [0.5, 0.6) is 5.75 Å². The highest BCUT2D eigenvalue weighted by molar-refractivity contribution is 7.99. The van der Waals surface area contributed by atoms with Crippen LogP contribution in [0.3, 0.4) is 0 Å². The Balaban J connectivity index is 1.60. The number of carbonyl (C=O) groups is 1. The van der Waals surface area contributed by atoms with E-state index in [-0.39, 0.29) is 17.2 Å². The lowest BCUT2D eigenvalue weighted by Crippen LogP contribution is -2.15. The number of carbonyl (C=O) groups excluding carboxylic acids is 1. The van der Waals surface area contributed by atoms with Gasteiger partial charge in [-0.2, -0.15) is 0 Å².